The summed E-state index contributed by atoms with van der Waals surface area (Å²) in [7, 11) is 0. The number of anilines is 1. The number of hydrogen-bond donors (Lipinski definition) is 1. The van der Waals surface area contributed by atoms with Gasteiger partial charge in [0.15, 0.2) is 0 Å². The first kappa shape index (κ1) is 12.9. The minimum atomic E-state index is -0.460. The molecule has 0 aromatic heterocycles. The van der Waals surface area contributed by atoms with E-state index in [4.69, 9.17) is 5.73 Å². The Labute approximate surface area is 107 Å². The highest BCUT2D eigenvalue weighted by Crippen LogP contribution is 2.25. The number of likely N-dealkylation sites (tertiary alicyclic amines) is 1. The SMILES string of the molecule is CC(C)C1CCN(C(=O)c2cc(N)cc(F)c2)C1. The van der Waals surface area contributed by atoms with Crippen molar-refractivity contribution < 1.29 is 9.18 Å². The third-order valence-corrected chi connectivity index (χ3v) is 3.62. The standard InChI is InChI=1S/C14H19FN2O/c1-9(2)10-3-4-17(8-10)14(18)11-5-12(15)7-13(16)6-11/h5-7,9-10H,3-4,8,16H2,1-2H3. The molecule has 98 valence electrons. The van der Waals surface area contributed by atoms with Crippen LogP contribution in [0.1, 0.15) is 30.6 Å². The van der Waals surface area contributed by atoms with Gasteiger partial charge in [-0.3, -0.25) is 4.79 Å². The van der Waals surface area contributed by atoms with E-state index in [1.807, 2.05) is 0 Å². The maximum absolute atomic E-state index is 13.2. The number of nitrogen functional groups attached to an aromatic ring is 1. The van der Waals surface area contributed by atoms with Crippen LogP contribution in [0.25, 0.3) is 0 Å². The highest BCUT2D eigenvalue weighted by Gasteiger charge is 2.28. The zero-order valence-corrected chi connectivity index (χ0v) is 10.8. The summed E-state index contributed by atoms with van der Waals surface area (Å²) in [6.45, 7) is 5.84. The zero-order chi connectivity index (χ0) is 13.3. The number of carbonyl (C=O) groups is 1. The summed E-state index contributed by atoms with van der Waals surface area (Å²) in [5, 5.41) is 0. The number of nitrogens with zero attached hydrogens (tertiary/aromatic N) is 1. The highest BCUT2D eigenvalue weighted by atomic mass is 19.1. The zero-order valence-electron chi connectivity index (χ0n) is 10.8. The van der Waals surface area contributed by atoms with Crippen molar-refractivity contribution in [3.05, 3.63) is 29.6 Å². The second-order valence-corrected chi connectivity index (χ2v) is 5.32. The lowest BCUT2D eigenvalue weighted by Gasteiger charge is -2.18. The van der Waals surface area contributed by atoms with Gasteiger partial charge in [0.2, 0.25) is 0 Å². The number of amides is 1. The van der Waals surface area contributed by atoms with E-state index in [9.17, 15) is 9.18 Å². The van der Waals surface area contributed by atoms with Crippen molar-refractivity contribution in [2.75, 3.05) is 18.8 Å². The molecule has 1 aliphatic heterocycles. The van der Waals surface area contributed by atoms with Gasteiger partial charge in [-0.05, 0) is 36.5 Å². The molecule has 1 saturated heterocycles. The van der Waals surface area contributed by atoms with E-state index in [1.54, 1.807) is 4.90 Å². The topological polar surface area (TPSA) is 46.3 Å². The molecule has 1 atom stereocenters. The molecule has 18 heavy (non-hydrogen) atoms. The van der Waals surface area contributed by atoms with Crippen molar-refractivity contribution in [1.82, 2.24) is 4.90 Å². The Balaban J connectivity index is 2.12. The molecule has 2 rings (SSSR count). The number of nitrogens with two attached hydrogens (primary N) is 1. The quantitative estimate of drug-likeness (QED) is 0.820. The van der Waals surface area contributed by atoms with E-state index in [1.165, 1.54) is 18.2 Å². The first-order valence-electron chi connectivity index (χ1n) is 6.32. The molecule has 0 aliphatic carbocycles. The van der Waals surface area contributed by atoms with Gasteiger partial charge in [0.1, 0.15) is 5.82 Å². The van der Waals surface area contributed by atoms with E-state index in [2.05, 4.69) is 13.8 Å². The molecule has 0 saturated carbocycles. The fraction of sp³-hybridized carbons (Fsp3) is 0.500. The van der Waals surface area contributed by atoms with Crippen LogP contribution in [-0.2, 0) is 0 Å². The molecule has 1 heterocycles. The Morgan fingerprint density at radius 1 is 1.44 bits per heavy atom. The predicted octanol–water partition coefficient (Wildman–Crippen LogP) is 2.53. The van der Waals surface area contributed by atoms with Gasteiger partial charge in [-0.15, -0.1) is 0 Å². The number of hydrogen-bond acceptors (Lipinski definition) is 2. The summed E-state index contributed by atoms with van der Waals surface area (Å²) in [6, 6.07) is 4.01. The average molecular weight is 250 g/mol. The molecular formula is C14H19FN2O. The molecule has 1 fully saturated rings. The van der Waals surface area contributed by atoms with E-state index >= 15 is 0 Å². The van der Waals surface area contributed by atoms with Gasteiger partial charge in [-0.25, -0.2) is 4.39 Å². The predicted molar refractivity (Wildman–Crippen MR) is 69.7 cm³/mol. The van der Waals surface area contributed by atoms with Gasteiger partial charge in [0.25, 0.3) is 5.91 Å². The molecule has 1 aromatic rings. The Bertz CT molecular complexity index is 439. The van der Waals surface area contributed by atoms with Gasteiger partial charge in [-0.2, -0.15) is 0 Å². The van der Waals surface area contributed by atoms with Crippen LogP contribution in [-0.4, -0.2) is 23.9 Å². The Morgan fingerprint density at radius 2 is 2.17 bits per heavy atom. The molecule has 0 bridgehead atoms. The fourth-order valence-electron chi connectivity index (χ4n) is 2.43. The lowest BCUT2D eigenvalue weighted by Crippen LogP contribution is -2.29. The molecule has 2 N–H and O–H groups in total. The molecule has 3 nitrogen and oxygen atoms in total. The summed E-state index contributed by atoms with van der Waals surface area (Å²) in [4.78, 5) is 14.0. The molecule has 0 spiro atoms. The number of benzene rings is 1. The summed E-state index contributed by atoms with van der Waals surface area (Å²) in [5.41, 5.74) is 6.19. The van der Waals surface area contributed by atoms with Crippen molar-refractivity contribution in [2.45, 2.75) is 20.3 Å². The number of halogens is 1. The van der Waals surface area contributed by atoms with Crippen LogP contribution in [0, 0.1) is 17.7 Å². The van der Waals surface area contributed by atoms with E-state index in [0.29, 0.717) is 17.4 Å². The first-order valence-corrected chi connectivity index (χ1v) is 6.32. The second-order valence-electron chi connectivity index (χ2n) is 5.32. The summed E-state index contributed by atoms with van der Waals surface area (Å²) >= 11 is 0. The van der Waals surface area contributed by atoms with Crippen molar-refractivity contribution in [1.29, 1.82) is 0 Å². The minimum Gasteiger partial charge on any atom is -0.399 e. The van der Waals surface area contributed by atoms with Crippen molar-refractivity contribution >= 4 is 11.6 Å². The maximum atomic E-state index is 13.2. The minimum absolute atomic E-state index is 0.121. The van der Waals surface area contributed by atoms with Gasteiger partial charge in [0, 0.05) is 24.3 Å². The summed E-state index contributed by atoms with van der Waals surface area (Å²) < 4.78 is 13.2. The third-order valence-electron chi connectivity index (χ3n) is 3.62. The van der Waals surface area contributed by atoms with Crippen LogP contribution >= 0.6 is 0 Å². The van der Waals surface area contributed by atoms with Crippen LogP contribution in [0.15, 0.2) is 18.2 Å². The van der Waals surface area contributed by atoms with E-state index < -0.39 is 5.82 Å². The molecule has 1 unspecified atom stereocenters. The molecule has 1 aliphatic rings. The van der Waals surface area contributed by atoms with Gasteiger partial charge < -0.3 is 10.6 Å². The smallest absolute Gasteiger partial charge is 0.254 e. The molecule has 1 amide bonds. The van der Waals surface area contributed by atoms with E-state index in [0.717, 1.165) is 19.5 Å². The third kappa shape index (κ3) is 2.63. The number of carbonyl (C=O) groups excluding carboxylic acids is 1. The van der Waals surface area contributed by atoms with Crippen molar-refractivity contribution in [3.63, 3.8) is 0 Å². The first-order chi connectivity index (χ1) is 8.47. The maximum Gasteiger partial charge on any atom is 0.254 e. The Kier molecular flexibility index (Phi) is 3.55. The van der Waals surface area contributed by atoms with Gasteiger partial charge in [-0.1, -0.05) is 13.8 Å². The molecule has 0 radical (unpaired) electrons. The van der Waals surface area contributed by atoms with E-state index in [-0.39, 0.29) is 11.6 Å². The van der Waals surface area contributed by atoms with Gasteiger partial charge in [0.05, 0.1) is 0 Å². The van der Waals surface area contributed by atoms with Crippen LogP contribution in [0.5, 0.6) is 0 Å². The second kappa shape index (κ2) is 4.96. The Hall–Kier alpha value is -1.58. The molecule has 1 aromatic carbocycles. The Morgan fingerprint density at radius 3 is 2.72 bits per heavy atom. The summed E-state index contributed by atoms with van der Waals surface area (Å²) in [6.07, 6.45) is 1.02. The fourth-order valence-corrected chi connectivity index (χ4v) is 2.43. The largest absolute Gasteiger partial charge is 0.399 e. The lowest BCUT2D eigenvalue weighted by molar-refractivity contribution is 0.0783. The molecule has 4 heteroatoms. The number of rotatable bonds is 2. The van der Waals surface area contributed by atoms with Crippen LogP contribution < -0.4 is 5.73 Å². The molecular weight excluding hydrogens is 231 g/mol. The average Bonchev–Trinajstić information content (AvgIpc) is 2.75. The monoisotopic (exact) mass is 250 g/mol. The van der Waals surface area contributed by atoms with Crippen molar-refractivity contribution in [3.8, 4) is 0 Å². The van der Waals surface area contributed by atoms with Crippen molar-refractivity contribution in [2.24, 2.45) is 11.8 Å². The van der Waals surface area contributed by atoms with Crippen LogP contribution in [0.3, 0.4) is 0 Å². The van der Waals surface area contributed by atoms with Crippen LogP contribution in [0.4, 0.5) is 10.1 Å². The highest BCUT2D eigenvalue weighted by molar-refractivity contribution is 5.95. The van der Waals surface area contributed by atoms with Gasteiger partial charge >= 0.3 is 0 Å². The lowest BCUT2D eigenvalue weighted by atomic mass is 9.95. The van der Waals surface area contributed by atoms with Crippen LogP contribution in [0.2, 0.25) is 0 Å². The summed E-state index contributed by atoms with van der Waals surface area (Å²) in [5.74, 6) is 0.530. The normalized spacial score (nSPS) is 19.6.